The number of piperazine rings is 1. The molecule has 0 radical (unpaired) electrons. The fourth-order valence-electron chi connectivity index (χ4n) is 3.23. The van der Waals surface area contributed by atoms with E-state index in [2.05, 4.69) is 19.8 Å². The Labute approximate surface area is 194 Å². The third-order valence-corrected chi connectivity index (χ3v) is 7.46. The van der Waals surface area contributed by atoms with Gasteiger partial charge in [-0.2, -0.15) is 0 Å². The summed E-state index contributed by atoms with van der Waals surface area (Å²) in [5.41, 5.74) is 2.76. The van der Waals surface area contributed by atoms with Crippen LogP contribution in [0.5, 0.6) is 0 Å². The zero-order chi connectivity index (χ0) is 22.0. The maximum atomic E-state index is 12.8. The molecule has 3 aromatic rings. The van der Waals surface area contributed by atoms with Gasteiger partial charge in [-0.25, -0.2) is 8.42 Å². The summed E-state index contributed by atoms with van der Waals surface area (Å²) in [7, 11) is -3.72. The van der Waals surface area contributed by atoms with Crippen LogP contribution in [0.2, 0.25) is 10.0 Å². The average Bonchev–Trinajstić information content (AvgIpc) is 3.26. The molecule has 0 aliphatic carbocycles. The number of nitrogens with zero attached hydrogens (tertiary/aromatic N) is 4. The molecule has 1 aliphatic heterocycles. The van der Waals surface area contributed by atoms with Gasteiger partial charge in [0, 0.05) is 38.3 Å². The second-order valence-electron chi connectivity index (χ2n) is 6.75. The van der Waals surface area contributed by atoms with Gasteiger partial charge in [-0.05, 0) is 42.5 Å². The number of rotatable bonds is 5. The number of halogens is 2. The van der Waals surface area contributed by atoms with E-state index < -0.39 is 10.0 Å². The van der Waals surface area contributed by atoms with Crippen LogP contribution in [-0.4, -0.2) is 55.6 Å². The highest BCUT2D eigenvalue weighted by Gasteiger charge is 2.24. The second-order valence-corrected chi connectivity index (χ2v) is 10.1. The van der Waals surface area contributed by atoms with Gasteiger partial charge in [-0.15, -0.1) is 10.2 Å². The number of hydrogen-bond acceptors (Lipinski definition) is 7. The van der Waals surface area contributed by atoms with Crippen molar-refractivity contribution in [3.63, 3.8) is 0 Å². The molecule has 2 aromatic carbocycles. The highest BCUT2D eigenvalue weighted by atomic mass is 35.5. The number of benzene rings is 2. The van der Waals surface area contributed by atoms with E-state index in [1.807, 2.05) is 0 Å². The quantitative estimate of drug-likeness (QED) is 0.572. The lowest BCUT2D eigenvalue weighted by atomic mass is 10.1. The van der Waals surface area contributed by atoms with Crippen molar-refractivity contribution in [2.24, 2.45) is 0 Å². The summed E-state index contributed by atoms with van der Waals surface area (Å²) in [6, 6.07) is 11.4. The van der Waals surface area contributed by atoms with Crippen LogP contribution in [-0.2, 0) is 10.0 Å². The van der Waals surface area contributed by atoms with E-state index in [4.69, 9.17) is 23.2 Å². The zero-order valence-corrected chi connectivity index (χ0v) is 19.2. The molecule has 0 spiro atoms. The molecule has 1 fully saturated rings. The van der Waals surface area contributed by atoms with Gasteiger partial charge < -0.3 is 9.80 Å². The Bertz CT molecular complexity index is 1190. The second kappa shape index (κ2) is 8.99. The lowest BCUT2D eigenvalue weighted by Crippen LogP contribution is -2.48. The molecule has 0 atom stereocenters. The number of anilines is 2. The summed E-state index contributed by atoms with van der Waals surface area (Å²) in [5, 5.41) is 8.34. The average molecular weight is 500 g/mol. The van der Waals surface area contributed by atoms with Crippen LogP contribution >= 0.6 is 34.5 Å². The number of hydrogen-bond donors (Lipinski definition) is 1. The molecular weight excluding hydrogens is 481 g/mol. The number of amides is 1. The highest BCUT2D eigenvalue weighted by molar-refractivity contribution is 7.93. The first-order valence-electron chi connectivity index (χ1n) is 9.22. The SMILES string of the molecule is O=C(c1ccc(Cl)cc1Cl)N1CCN(c2ccc(S(=O)(=O)Nc3nncs3)cc2)CC1.[HH]. The third kappa shape index (κ3) is 4.93. The van der Waals surface area contributed by atoms with Crippen molar-refractivity contribution in [3.05, 3.63) is 63.6 Å². The monoisotopic (exact) mass is 499 g/mol. The van der Waals surface area contributed by atoms with Crippen molar-refractivity contribution in [1.29, 1.82) is 0 Å². The van der Waals surface area contributed by atoms with Crippen LogP contribution in [0.15, 0.2) is 52.9 Å². The minimum absolute atomic E-state index is 0. The predicted octanol–water partition coefficient (Wildman–Crippen LogP) is 3.85. The van der Waals surface area contributed by atoms with E-state index >= 15 is 0 Å². The van der Waals surface area contributed by atoms with Gasteiger partial charge in [0.1, 0.15) is 5.51 Å². The summed E-state index contributed by atoms with van der Waals surface area (Å²) in [4.78, 5) is 16.7. The molecule has 1 N–H and O–H groups in total. The number of sulfonamides is 1. The number of carbonyl (C=O) groups excluding carboxylic acids is 1. The maximum Gasteiger partial charge on any atom is 0.263 e. The Morgan fingerprint density at radius 2 is 1.77 bits per heavy atom. The number of aromatic nitrogens is 2. The molecule has 0 bridgehead atoms. The van der Waals surface area contributed by atoms with Crippen molar-refractivity contribution < 1.29 is 14.6 Å². The van der Waals surface area contributed by atoms with Gasteiger partial charge in [0.25, 0.3) is 15.9 Å². The molecule has 0 saturated carbocycles. The molecule has 0 unspecified atom stereocenters. The first-order valence-corrected chi connectivity index (χ1v) is 12.3. The molecule has 1 saturated heterocycles. The Morgan fingerprint density at radius 1 is 1.06 bits per heavy atom. The first-order chi connectivity index (χ1) is 14.8. The molecule has 8 nitrogen and oxygen atoms in total. The summed E-state index contributed by atoms with van der Waals surface area (Å²) < 4.78 is 27.3. The lowest BCUT2D eigenvalue weighted by Gasteiger charge is -2.36. The standard InChI is InChI=1S/C19H17Cl2N5O3S2.H2/c20-13-1-6-16(17(21)11-13)18(27)26-9-7-25(8-10-26)14-2-4-15(5-3-14)31(28,29)24-19-23-22-12-30-19;/h1-6,11-12H,7-10H2,(H,23,24);1H. The van der Waals surface area contributed by atoms with E-state index in [-0.39, 0.29) is 17.4 Å². The van der Waals surface area contributed by atoms with Gasteiger partial charge in [0.15, 0.2) is 0 Å². The van der Waals surface area contributed by atoms with Gasteiger partial charge in [0.2, 0.25) is 5.13 Å². The van der Waals surface area contributed by atoms with Crippen LogP contribution < -0.4 is 9.62 Å². The van der Waals surface area contributed by atoms with E-state index in [0.717, 1.165) is 17.0 Å². The molecule has 2 heterocycles. The third-order valence-electron chi connectivity index (χ3n) is 4.82. The van der Waals surface area contributed by atoms with Crippen LogP contribution in [0.25, 0.3) is 0 Å². The van der Waals surface area contributed by atoms with Crippen molar-refractivity contribution in [3.8, 4) is 0 Å². The maximum absolute atomic E-state index is 12.8. The molecule has 164 valence electrons. The number of nitrogens with one attached hydrogen (secondary N) is 1. The Hall–Kier alpha value is -2.40. The van der Waals surface area contributed by atoms with Crippen molar-refractivity contribution in [1.82, 2.24) is 15.1 Å². The Kier molecular flexibility index (Phi) is 6.33. The van der Waals surface area contributed by atoms with Crippen LogP contribution in [0.4, 0.5) is 10.8 Å². The van der Waals surface area contributed by atoms with Gasteiger partial charge in [-0.1, -0.05) is 34.5 Å². The normalized spacial score (nSPS) is 14.5. The van der Waals surface area contributed by atoms with Gasteiger partial charge >= 0.3 is 0 Å². The van der Waals surface area contributed by atoms with Crippen LogP contribution in [0.1, 0.15) is 11.8 Å². The van der Waals surface area contributed by atoms with E-state index in [9.17, 15) is 13.2 Å². The summed E-state index contributed by atoms with van der Waals surface area (Å²) in [5.74, 6) is -0.134. The highest BCUT2D eigenvalue weighted by Crippen LogP contribution is 2.25. The fraction of sp³-hybridized carbons (Fsp3) is 0.211. The van der Waals surface area contributed by atoms with E-state index in [0.29, 0.717) is 41.8 Å². The van der Waals surface area contributed by atoms with E-state index in [1.165, 1.54) is 5.51 Å². The van der Waals surface area contributed by atoms with Gasteiger partial charge in [-0.3, -0.25) is 9.52 Å². The van der Waals surface area contributed by atoms with Crippen molar-refractivity contribution in [2.75, 3.05) is 35.8 Å². The summed E-state index contributed by atoms with van der Waals surface area (Å²) in [6.07, 6.45) is 0. The Morgan fingerprint density at radius 3 is 2.39 bits per heavy atom. The molecule has 1 aromatic heterocycles. The molecule has 4 rings (SSSR count). The zero-order valence-electron chi connectivity index (χ0n) is 16.0. The lowest BCUT2D eigenvalue weighted by molar-refractivity contribution is 0.0747. The van der Waals surface area contributed by atoms with E-state index in [1.54, 1.807) is 47.4 Å². The fourth-order valence-corrected chi connectivity index (χ4v) is 5.41. The molecule has 12 heteroatoms. The number of carbonyl (C=O) groups is 1. The smallest absolute Gasteiger partial charge is 0.263 e. The topological polar surface area (TPSA) is 95.5 Å². The predicted molar refractivity (Wildman–Crippen MR) is 124 cm³/mol. The Balaban J connectivity index is 0.00000289. The summed E-state index contributed by atoms with van der Waals surface area (Å²) >= 11 is 13.2. The van der Waals surface area contributed by atoms with Crippen LogP contribution in [0.3, 0.4) is 0 Å². The molecule has 1 amide bonds. The minimum Gasteiger partial charge on any atom is -0.368 e. The van der Waals surface area contributed by atoms with Crippen LogP contribution in [0, 0.1) is 0 Å². The molecular formula is C19H19Cl2N5O3S2. The first kappa shape index (κ1) is 21.8. The molecule has 31 heavy (non-hydrogen) atoms. The van der Waals surface area contributed by atoms with Gasteiger partial charge in [0.05, 0.1) is 15.5 Å². The van der Waals surface area contributed by atoms with Crippen molar-refractivity contribution >= 4 is 61.3 Å². The summed E-state index contributed by atoms with van der Waals surface area (Å²) in [6.45, 7) is 2.28. The molecule has 1 aliphatic rings. The van der Waals surface area contributed by atoms with Crippen molar-refractivity contribution in [2.45, 2.75) is 4.90 Å². The largest absolute Gasteiger partial charge is 0.368 e. The minimum atomic E-state index is -3.72.